The van der Waals surface area contributed by atoms with Gasteiger partial charge >= 0.3 is 6.03 Å². The molecule has 1 heterocycles. The summed E-state index contributed by atoms with van der Waals surface area (Å²) < 4.78 is 0. The van der Waals surface area contributed by atoms with Gasteiger partial charge in [0.2, 0.25) is 0 Å². The van der Waals surface area contributed by atoms with Crippen molar-refractivity contribution < 1.29 is 14.5 Å². The molecular formula is C17H18N2O3. The molecule has 0 bridgehead atoms. The number of nitrogens with zero attached hydrogens (tertiary/aromatic N) is 2. The van der Waals surface area contributed by atoms with E-state index in [2.05, 4.69) is 0 Å². The van der Waals surface area contributed by atoms with E-state index in [9.17, 15) is 4.79 Å². The number of fused-ring (bicyclic) bond motifs is 1. The van der Waals surface area contributed by atoms with E-state index in [1.165, 1.54) is 10.1 Å². The van der Waals surface area contributed by atoms with Gasteiger partial charge in [0.05, 0.1) is 18.8 Å². The summed E-state index contributed by atoms with van der Waals surface area (Å²) in [6.45, 7) is 3.01. The number of hydroxylamine groups is 3. The fourth-order valence-electron chi connectivity index (χ4n) is 2.35. The average Bonchev–Trinajstić information content (AvgIpc) is 2.57. The van der Waals surface area contributed by atoms with Crippen LogP contribution in [0, 0.1) is 0 Å². The summed E-state index contributed by atoms with van der Waals surface area (Å²) in [6.07, 6.45) is 0. The van der Waals surface area contributed by atoms with Crippen molar-refractivity contribution in [1.29, 1.82) is 0 Å². The van der Waals surface area contributed by atoms with Crippen LogP contribution in [0.2, 0.25) is 0 Å². The van der Waals surface area contributed by atoms with Crippen molar-refractivity contribution >= 4 is 11.7 Å². The third-order valence-electron chi connectivity index (χ3n) is 3.40. The maximum atomic E-state index is 12.5. The quantitative estimate of drug-likeness (QED) is 0.848. The molecule has 0 fully saturated rings. The number of para-hydroxylation sites is 1. The van der Waals surface area contributed by atoms with Gasteiger partial charge in [0.15, 0.2) is 0 Å². The van der Waals surface area contributed by atoms with Crippen molar-refractivity contribution in [1.82, 2.24) is 5.06 Å². The van der Waals surface area contributed by atoms with Crippen LogP contribution in [0.3, 0.4) is 0 Å². The van der Waals surface area contributed by atoms with Crippen LogP contribution in [0.4, 0.5) is 10.5 Å². The second-order valence-corrected chi connectivity index (χ2v) is 4.92. The fourth-order valence-corrected chi connectivity index (χ4v) is 2.35. The Morgan fingerprint density at radius 1 is 1.00 bits per heavy atom. The minimum absolute atomic E-state index is 0.309. The Bertz CT molecular complexity index is 645. The molecule has 2 aromatic rings. The van der Waals surface area contributed by atoms with Gasteiger partial charge in [-0.05, 0) is 18.6 Å². The number of urea groups is 1. The summed E-state index contributed by atoms with van der Waals surface area (Å²) in [4.78, 5) is 23.6. The normalized spacial score (nSPS) is 14.1. The first-order valence-corrected chi connectivity index (χ1v) is 7.29. The van der Waals surface area contributed by atoms with Crippen LogP contribution < -0.4 is 5.06 Å². The number of hydrogen-bond acceptors (Lipinski definition) is 3. The van der Waals surface area contributed by atoms with Crippen molar-refractivity contribution in [2.45, 2.75) is 20.1 Å². The third kappa shape index (κ3) is 2.95. The Morgan fingerprint density at radius 2 is 1.73 bits per heavy atom. The van der Waals surface area contributed by atoms with Gasteiger partial charge in [-0.15, -0.1) is 0 Å². The largest absolute Gasteiger partial charge is 0.372 e. The van der Waals surface area contributed by atoms with Crippen LogP contribution in [-0.4, -0.2) is 17.7 Å². The van der Waals surface area contributed by atoms with Crippen molar-refractivity contribution in [2.75, 3.05) is 11.7 Å². The smallest absolute Gasteiger partial charge is 0.265 e. The summed E-state index contributed by atoms with van der Waals surface area (Å²) in [5, 5.41) is 2.63. The molecule has 0 aliphatic carbocycles. The van der Waals surface area contributed by atoms with Crippen LogP contribution in [0.1, 0.15) is 18.1 Å². The second-order valence-electron chi connectivity index (χ2n) is 4.92. The lowest BCUT2D eigenvalue weighted by atomic mass is 10.1. The first-order valence-electron chi connectivity index (χ1n) is 7.29. The van der Waals surface area contributed by atoms with Gasteiger partial charge in [-0.25, -0.2) is 4.79 Å². The van der Waals surface area contributed by atoms with E-state index in [0.29, 0.717) is 19.8 Å². The molecule has 0 radical (unpaired) electrons. The molecule has 1 aliphatic rings. The summed E-state index contributed by atoms with van der Waals surface area (Å²) in [6, 6.07) is 17.1. The monoisotopic (exact) mass is 298 g/mol. The van der Waals surface area contributed by atoms with Crippen LogP contribution in [-0.2, 0) is 22.8 Å². The molecule has 0 saturated carbocycles. The molecule has 0 N–H and O–H groups in total. The molecule has 5 heteroatoms. The molecule has 2 amide bonds. The molecule has 5 nitrogen and oxygen atoms in total. The van der Waals surface area contributed by atoms with E-state index in [1.54, 1.807) is 0 Å². The summed E-state index contributed by atoms with van der Waals surface area (Å²) in [5.41, 5.74) is 2.77. The fraction of sp³-hybridized carbons (Fsp3) is 0.235. The van der Waals surface area contributed by atoms with Crippen LogP contribution >= 0.6 is 0 Å². The van der Waals surface area contributed by atoms with E-state index in [-0.39, 0.29) is 6.03 Å². The number of carbonyl (C=O) groups excluding carboxylic acids is 1. The first kappa shape index (κ1) is 14.6. The van der Waals surface area contributed by atoms with Crippen LogP contribution in [0.15, 0.2) is 54.6 Å². The van der Waals surface area contributed by atoms with E-state index in [4.69, 9.17) is 9.68 Å². The zero-order valence-corrected chi connectivity index (χ0v) is 12.4. The minimum Gasteiger partial charge on any atom is -0.265 e. The Labute approximate surface area is 129 Å². The van der Waals surface area contributed by atoms with Gasteiger partial charge in [0.1, 0.15) is 6.61 Å². The molecule has 0 saturated heterocycles. The molecule has 0 unspecified atom stereocenters. The molecule has 0 atom stereocenters. The Morgan fingerprint density at radius 3 is 2.50 bits per heavy atom. The topological polar surface area (TPSA) is 42.0 Å². The number of anilines is 1. The SMILES string of the molecule is CCON1C(=O)N(OCc2ccccc2)Cc2ccccc21. The van der Waals surface area contributed by atoms with Crippen molar-refractivity contribution in [3.8, 4) is 0 Å². The summed E-state index contributed by atoms with van der Waals surface area (Å²) >= 11 is 0. The number of rotatable bonds is 5. The van der Waals surface area contributed by atoms with Gasteiger partial charge < -0.3 is 0 Å². The predicted molar refractivity (Wildman–Crippen MR) is 82.7 cm³/mol. The number of amides is 2. The maximum Gasteiger partial charge on any atom is 0.372 e. The standard InChI is InChI=1S/C17H18N2O3/c1-2-21-19-16-11-7-6-10-15(16)12-18(17(19)20)22-13-14-8-4-3-5-9-14/h3-11H,2,12-13H2,1H3. The van der Waals surface area contributed by atoms with Crippen molar-refractivity contribution in [3.05, 3.63) is 65.7 Å². The zero-order valence-electron chi connectivity index (χ0n) is 12.4. The molecule has 3 rings (SSSR count). The predicted octanol–water partition coefficient (Wildman–Crippen LogP) is 3.51. The molecule has 1 aliphatic heterocycles. The van der Waals surface area contributed by atoms with Gasteiger partial charge in [-0.2, -0.15) is 10.1 Å². The molecule has 0 aromatic heterocycles. The van der Waals surface area contributed by atoms with Gasteiger partial charge in [-0.3, -0.25) is 9.68 Å². The highest BCUT2D eigenvalue weighted by Gasteiger charge is 2.31. The maximum absolute atomic E-state index is 12.5. The van der Waals surface area contributed by atoms with Gasteiger partial charge in [0, 0.05) is 5.56 Å². The number of benzene rings is 2. The van der Waals surface area contributed by atoms with E-state index in [1.807, 2.05) is 61.5 Å². The van der Waals surface area contributed by atoms with Gasteiger partial charge in [-0.1, -0.05) is 48.5 Å². The highest BCUT2D eigenvalue weighted by Crippen LogP contribution is 2.29. The first-order chi connectivity index (χ1) is 10.8. The number of hydrogen-bond donors (Lipinski definition) is 0. The zero-order chi connectivity index (χ0) is 15.4. The Balaban J connectivity index is 1.77. The Hall–Kier alpha value is -2.37. The van der Waals surface area contributed by atoms with Crippen molar-refractivity contribution in [2.24, 2.45) is 0 Å². The summed E-state index contributed by atoms with van der Waals surface area (Å²) in [7, 11) is 0. The number of carbonyl (C=O) groups is 1. The minimum atomic E-state index is -0.309. The lowest BCUT2D eigenvalue weighted by Crippen LogP contribution is -2.46. The molecule has 2 aromatic carbocycles. The lowest BCUT2D eigenvalue weighted by molar-refractivity contribution is -0.141. The van der Waals surface area contributed by atoms with E-state index < -0.39 is 0 Å². The van der Waals surface area contributed by atoms with Crippen LogP contribution in [0.25, 0.3) is 0 Å². The average molecular weight is 298 g/mol. The second kappa shape index (κ2) is 6.60. The lowest BCUT2D eigenvalue weighted by Gasteiger charge is -2.34. The van der Waals surface area contributed by atoms with Gasteiger partial charge in [0.25, 0.3) is 0 Å². The molecule has 22 heavy (non-hydrogen) atoms. The Kier molecular flexibility index (Phi) is 4.37. The molecule has 0 spiro atoms. The highest BCUT2D eigenvalue weighted by molar-refractivity contribution is 5.92. The third-order valence-corrected chi connectivity index (χ3v) is 3.40. The van der Waals surface area contributed by atoms with Crippen molar-refractivity contribution in [3.63, 3.8) is 0 Å². The highest BCUT2D eigenvalue weighted by atomic mass is 16.7. The summed E-state index contributed by atoms with van der Waals surface area (Å²) in [5.74, 6) is 0. The van der Waals surface area contributed by atoms with E-state index >= 15 is 0 Å². The molecule has 114 valence electrons. The van der Waals surface area contributed by atoms with E-state index in [0.717, 1.165) is 16.8 Å². The van der Waals surface area contributed by atoms with Crippen LogP contribution in [0.5, 0.6) is 0 Å². The molecular weight excluding hydrogens is 280 g/mol.